The lowest BCUT2D eigenvalue weighted by atomic mass is 10.2. The van der Waals surface area contributed by atoms with Crippen LogP contribution in [-0.4, -0.2) is 19.6 Å². The number of alkyl halides is 3. The first-order chi connectivity index (χ1) is 9.45. The number of halogens is 3. The zero-order valence-electron chi connectivity index (χ0n) is 9.74. The van der Waals surface area contributed by atoms with Gasteiger partial charge in [0.25, 0.3) is 5.78 Å². The van der Waals surface area contributed by atoms with Gasteiger partial charge < -0.3 is 5.21 Å². The van der Waals surface area contributed by atoms with Gasteiger partial charge in [0.05, 0.1) is 18.1 Å². The highest BCUT2D eigenvalue weighted by molar-refractivity contribution is 5.60. The second kappa shape index (κ2) is 4.15. The topological polar surface area (TPSA) is 70.0 Å². The Hall–Kier alpha value is -2.71. The number of imidazole rings is 1. The van der Waals surface area contributed by atoms with Crippen LogP contribution >= 0.6 is 0 Å². The van der Waals surface area contributed by atoms with E-state index in [9.17, 15) is 18.4 Å². The summed E-state index contributed by atoms with van der Waals surface area (Å²) in [6.45, 7) is 0. The van der Waals surface area contributed by atoms with Crippen LogP contribution in [0.5, 0.6) is 0 Å². The molecule has 0 amide bonds. The Morgan fingerprint density at radius 1 is 1.15 bits per heavy atom. The molecule has 0 aliphatic heterocycles. The normalized spacial score (nSPS) is 11.9. The molecule has 0 aliphatic carbocycles. The number of nitrogens with zero attached hydrogens (tertiary/aromatic N) is 5. The summed E-state index contributed by atoms with van der Waals surface area (Å²) in [5.41, 5.74) is -0.0619. The summed E-state index contributed by atoms with van der Waals surface area (Å²) in [5, 5.41) is 14.6. The van der Waals surface area contributed by atoms with Crippen LogP contribution in [0.15, 0.2) is 36.9 Å². The van der Waals surface area contributed by atoms with Gasteiger partial charge in [0, 0.05) is 17.7 Å². The predicted molar refractivity (Wildman–Crippen MR) is 60.2 cm³/mol. The molecule has 0 unspecified atom stereocenters. The fourth-order valence-electron chi connectivity index (χ4n) is 1.69. The van der Waals surface area contributed by atoms with Crippen molar-refractivity contribution in [1.29, 1.82) is 0 Å². The molecule has 0 saturated heterocycles. The average molecular weight is 281 g/mol. The van der Waals surface area contributed by atoms with Gasteiger partial charge in [-0.1, -0.05) is 0 Å². The minimum Gasteiger partial charge on any atom is -0.619 e. The molecule has 3 rings (SSSR count). The summed E-state index contributed by atoms with van der Waals surface area (Å²) >= 11 is 0. The van der Waals surface area contributed by atoms with E-state index in [1.807, 2.05) is 0 Å². The van der Waals surface area contributed by atoms with Crippen LogP contribution in [0.1, 0.15) is 5.69 Å². The predicted octanol–water partition coefficient (Wildman–Crippen LogP) is 1.44. The van der Waals surface area contributed by atoms with E-state index < -0.39 is 11.9 Å². The Bertz CT molecular complexity index is 766. The molecule has 0 fully saturated rings. The average Bonchev–Trinajstić information content (AvgIpc) is 2.81. The van der Waals surface area contributed by atoms with Gasteiger partial charge in [-0.05, 0) is 0 Å². The van der Waals surface area contributed by atoms with E-state index in [2.05, 4.69) is 15.1 Å². The molecule has 6 nitrogen and oxygen atoms in total. The SMILES string of the molecule is [O-][n+]1ccc(-c2cnc3nc(C(F)(F)F)cnn23)cc1. The van der Waals surface area contributed by atoms with Crippen LogP contribution in [0.3, 0.4) is 0 Å². The lowest BCUT2D eigenvalue weighted by Gasteiger charge is -2.05. The van der Waals surface area contributed by atoms with E-state index in [4.69, 9.17) is 0 Å². The Morgan fingerprint density at radius 2 is 1.85 bits per heavy atom. The lowest BCUT2D eigenvalue weighted by Crippen LogP contribution is -2.23. The first-order valence-electron chi connectivity index (χ1n) is 5.42. The first kappa shape index (κ1) is 12.3. The van der Waals surface area contributed by atoms with E-state index in [0.717, 1.165) is 0 Å². The van der Waals surface area contributed by atoms with Crippen molar-refractivity contribution in [3.8, 4) is 11.3 Å². The highest BCUT2D eigenvalue weighted by Gasteiger charge is 2.33. The number of rotatable bonds is 1. The number of hydrogen-bond donors (Lipinski definition) is 0. The monoisotopic (exact) mass is 281 g/mol. The summed E-state index contributed by atoms with van der Waals surface area (Å²) < 4.78 is 39.3. The van der Waals surface area contributed by atoms with Crippen LogP contribution in [0.25, 0.3) is 17.0 Å². The van der Waals surface area contributed by atoms with E-state index in [1.165, 1.54) is 35.2 Å². The van der Waals surface area contributed by atoms with Gasteiger partial charge >= 0.3 is 6.18 Å². The molecule has 0 spiro atoms. The standard InChI is InChI=1S/C11H6F3N5O/c12-11(13,14)9-6-16-19-8(5-15-10(19)17-9)7-1-3-18(20)4-2-7/h1-6H. The van der Waals surface area contributed by atoms with E-state index >= 15 is 0 Å². The van der Waals surface area contributed by atoms with Gasteiger partial charge in [-0.25, -0.2) is 9.97 Å². The van der Waals surface area contributed by atoms with Crippen molar-refractivity contribution in [1.82, 2.24) is 19.6 Å². The zero-order valence-corrected chi connectivity index (χ0v) is 9.74. The molecule has 102 valence electrons. The Morgan fingerprint density at radius 3 is 2.50 bits per heavy atom. The van der Waals surface area contributed by atoms with Crippen LogP contribution in [0.4, 0.5) is 13.2 Å². The third-order valence-corrected chi connectivity index (χ3v) is 2.62. The molecule has 0 aliphatic rings. The van der Waals surface area contributed by atoms with Crippen molar-refractivity contribution in [2.24, 2.45) is 0 Å². The van der Waals surface area contributed by atoms with Gasteiger partial charge in [0.15, 0.2) is 18.1 Å². The summed E-state index contributed by atoms with van der Waals surface area (Å²) in [7, 11) is 0. The van der Waals surface area contributed by atoms with Crippen molar-refractivity contribution >= 4 is 5.78 Å². The molecule has 20 heavy (non-hydrogen) atoms. The maximum atomic E-state index is 12.5. The molecule has 0 radical (unpaired) electrons. The smallest absolute Gasteiger partial charge is 0.435 e. The van der Waals surface area contributed by atoms with Crippen LogP contribution < -0.4 is 4.73 Å². The van der Waals surface area contributed by atoms with E-state index in [-0.39, 0.29) is 5.78 Å². The Kier molecular flexibility index (Phi) is 2.56. The van der Waals surface area contributed by atoms with E-state index in [1.54, 1.807) is 0 Å². The maximum absolute atomic E-state index is 12.5. The number of pyridine rings is 1. The molecule has 3 aromatic rings. The molecular weight excluding hydrogens is 275 g/mol. The second-order valence-corrected chi connectivity index (χ2v) is 3.94. The fourth-order valence-corrected chi connectivity index (χ4v) is 1.69. The van der Waals surface area contributed by atoms with Crippen molar-refractivity contribution in [3.63, 3.8) is 0 Å². The van der Waals surface area contributed by atoms with Crippen LogP contribution in [0.2, 0.25) is 0 Å². The van der Waals surface area contributed by atoms with Gasteiger partial charge in [0.1, 0.15) is 0 Å². The molecule has 3 aromatic heterocycles. The number of hydrogen-bond acceptors (Lipinski definition) is 4. The molecule has 0 bridgehead atoms. The van der Waals surface area contributed by atoms with E-state index in [0.29, 0.717) is 22.2 Å². The molecule has 9 heteroatoms. The summed E-state index contributed by atoms with van der Waals surface area (Å²) in [6.07, 6.45) is -0.0466. The minimum atomic E-state index is -4.57. The van der Waals surface area contributed by atoms with Crippen LogP contribution in [-0.2, 0) is 6.18 Å². The third-order valence-electron chi connectivity index (χ3n) is 2.62. The van der Waals surface area contributed by atoms with Gasteiger partial charge in [-0.3, -0.25) is 0 Å². The van der Waals surface area contributed by atoms with Gasteiger partial charge in [-0.2, -0.15) is 27.5 Å². The summed E-state index contributed by atoms with van der Waals surface area (Å²) in [6, 6.07) is 3.02. The lowest BCUT2D eigenvalue weighted by molar-refractivity contribution is -0.605. The number of aromatic nitrogens is 5. The first-order valence-corrected chi connectivity index (χ1v) is 5.42. The molecule has 0 aromatic carbocycles. The largest absolute Gasteiger partial charge is 0.619 e. The summed E-state index contributed by atoms with van der Waals surface area (Å²) in [4.78, 5) is 7.20. The second-order valence-electron chi connectivity index (χ2n) is 3.94. The minimum absolute atomic E-state index is 0.159. The maximum Gasteiger partial charge on any atom is 0.435 e. The number of fused-ring (bicyclic) bond motifs is 1. The molecule has 0 atom stereocenters. The molecule has 0 saturated carbocycles. The zero-order chi connectivity index (χ0) is 14.3. The van der Waals surface area contributed by atoms with Gasteiger partial charge in [0.2, 0.25) is 0 Å². The molecular formula is C11H6F3N5O. The van der Waals surface area contributed by atoms with Crippen molar-refractivity contribution in [2.45, 2.75) is 6.18 Å². The van der Waals surface area contributed by atoms with Gasteiger partial charge in [-0.15, -0.1) is 0 Å². The van der Waals surface area contributed by atoms with Crippen molar-refractivity contribution in [3.05, 3.63) is 47.8 Å². The Balaban J connectivity index is 2.13. The molecule has 3 heterocycles. The Labute approximate surface area is 109 Å². The highest BCUT2D eigenvalue weighted by Crippen LogP contribution is 2.27. The highest BCUT2D eigenvalue weighted by atomic mass is 19.4. The van der Waals surface area contributed by atoms with Crippen LogP contribution in [0, 0.1) is 5.21 Å². The molecule has 0 N–H and O–H groups in total. The summed E-state index contributed by atoms with van der Waals surface area (Å²) in [5.74, 6) is -0.159. The van der Waals surface area contributed by atoms with Crippen molar-refractivity contribution < 1.29 is 17.9 Å². The fraction of sp³-hybridized carbons (Fsp3) is 0.0909. The third kappa shape index (κ3) is 2.02. The van der Waals surface area contributed by atoms with Crippen molar-refractivity contribution in [2.75, 3.05) is 0 Å². The quantitative estimate of drug-likeness (QED) is 0.500.